The number of amides is 2. The summed E-state index contributed by atoms with van der Waals surface area (Å²) in [7, 11) is 0. The summed E-state index contributed by atoms with van der Waals surface area (Å²) in [5.41, 5.74) is 1.86. The number of carbonyl (C=O) groups excluding carboxylic acids is 1. The fourth-order valence-electron chi connectivity index (χ4n) is 2.05. The summed E-state index contributed by atoms with van der Waals surface area (Å²) in [5, 5.41) is 13.2. The normalized spacial score (nSPS) is 10.4. The summed E-state index contributed by atoms with van der Waals surface area (Å²) in [5.74, 6) is -0.349. The Hall–Kier alpha value is -3.29. The predicted molar refractivity (Wildman–Crippen MR) is 84.6 cm³/mol. The number of rotatable bonds is 5. The van der Waals surface area contributed by atoms with E-state index in [-0.39, 0.29) is 18.9 Å². The Morgan fingerprint density at radius 2 is 1.83 bits per heavy atom. The molecular formula is C16H15FN6O. The predicted octanol–water partition coefficient (Wildman–Crippen LogP) is 1.80. The average Bonchev–Trinajstić information content (AvgIpc) is 3.09. The van der Waals surface area contributed by atoms with Crippen molar-refractivity contribution in [2.75, 3.05) is 0 Å². The van der Waals surface area contributed by atoms with Crippen molar-refractivity contribution >= 4 is 6.03 Å². The second kappa shape index (κ2) is 7.32. The van der Waals surface area contributed by atoms with Crippen LogP contribution in [-0.4, -0.2) is 26.0 Å². The second-order valence-corrected chi connectivity index (χ2v) is 4.99. The topological polar surface area (TPSA) is 84.7 Å². The van der Waals surface area contributed by atoms with Crippen LogP contribution in [0.5, 0.6) is 0 Å². The van der Waals surface area contributed by atoms with Crippen LogP contribution in [0.3, 0.4) is 0 Å². The lowest BCUT2D eigenvalue weighted by Gasteiger charge is -2.07. The Labute approximate surface area is 137 Å². The average molecular weight is 326 g/mol. The fourth-order valence-corrected chi connectivity index (χ4v) is 2.05. The number of pyridine rings is 1. The highest BCUT2D eigenvalue weighted by Crippen LogP contribution is 2.06. The molecule has 0 aliphatic carbocycles. The van der Waals surface area contributed by atoms with E-state index in [9.17, 15) is 9.18 Å². The molecule has 2 aromatic heterocycles. The van der Waals surface area contributed by atoms with Gasteiger partial charge in [-0.3, -0.25) is 4.98 Å². The van der Waals surface area contributed by atoms with E-state index in [1.807, 2.05) is 0 Å². The zero-order valence-electron chi connectivity index (χ0n) is 12.7. The minimum atomic E-state index is -0.406. The fraction of sp³-hybridized carbons (Fsp3) is 0.125. The quantitative estimate of drug-likeness (QED) is 0.749. The summed E-state index contributed by atoms with van der Waals surface area (Å²) in [6.45, 7) is 0.330. The van der Waals surface area contributed by atoms with E-state index in [1.165, 1.54) is 6.07 Å². The van der Waals surface area contributed by atoms with Crippen LogP contribution in [0.2, 0.25) is 0 Å². The van der Waals surface area contributed by atoms with Crippen LogP contribution in [0.25, 0.3) is 5.69 Å². The molecule has 2 N–H and O–H groups in total. The lowest BCUT2D eigenvalue weighted by Crippen LogP contribution is -2.34. The molecule has 8 heteroatoms. The largest absolute Gasteiger partial charge is 0.334 e. The first-order valence-corrected chi connectivity index (χ1v) is 7.29. The van der Waals surface area contributed by atoms with Crippen molar-refractivity contribution in [3.8, 4) is 5.69 Å². The smallest absolute Gasteiger partial charge is 0.315 e. The number of halogens is 1. The molecule has 0 aliphatic rings. The number of aromatic nitrogens is 4. The van der Waals surface area contributed by atoms with Gasteiger partial charge in [0.1, 0.15) is 11.5 Å². The van der Waals surface area contributed by atoms with Gasteiger partial charge in [-0.05, 0) is 18.2 Å². The van der Waals surface area contributed by atoms with Gasteiger partial charge in [0, 0.05) is 24.5 Å². The highest BCUT2D eigenvalue weighted by Gasteiger charge is 2.06. The molecule has 0 atom stereocenters. The van der Waals surface area contributed by atoms with E-state index in [4.69, 9.17) is 0 Å². The van der Waals surface area contributed by atoms with Crippen molar-refractivity contribution in [2.24, 2.45) is 0 Å². The second-order valence-electron chi connectivity index (χ2n) is 4.99. The molecule has 0 fully saturated rings. The van der Waals surface area contributed by atoms with E-state index < -0.39 is 6.03 Å². The van der Waals surface area contributed by atoms with Gasteiger partial charge in [-0.15, -0.1) is 5.10 Å². The van der Waals surface area contributed by atoms with Gasteiger partial charge in [-0.1, -0.05) is 23.4 Å². The summed E-state index contributed by atoms with van der Waals surface area (Å²) in [4.78, 5) is 15.7. The van der Waals surface area contributed by atoms with Crippen molar-refractivity contribution in [1.82, 2.24) is 30.6 Å². The molecule has 122 valence electrons. The summed E-state index contributed by atoms with van der Waals surface area (Å²) in [6, 6.07) is 9.49. The molecule has 0 aliphatic heterocycles. The SMILES string of the molecule is O=C(NCc1cn(-c2ccncc2)nn1)NCc1ccccc1F. The molecule has 7 nitrogen and oxygen atoms in total. The van der Waals surface area contributed by atoms with Crippen molar-refractivity contribution in [3.05, 3.63) is 72.1 Å². The van der Waals surface area contributed by atoms with Gasteiger partial charge in [-0.2, -0.15) is 0 Å². The minimum Gasteiger partial charge on any atom is -0.334 e. The minimum absolute atomic E-state index is 0.113. The van der Waals surface area contributed by atoms with Crippen molar-refractivity contribution < 1.29 is 9.18 Å². The Kier molecular flexibility index (Phi) is 4.76. The van der Waals surface area contributed by atoms with E-state index >= 15 is 0 Å². The number of urea groups is 1. The standard InChI is InChI=1S/C16H15FN6O/c17-15-4-2-1-3-12(15)9-19-16(24)20-10-13-11-23(22-21-13)14-5-7-18-8-6-14/h1-8,11H,9-10H2,(H2,19,20,24). The van der Waals surface area contributed by atoms with Crippen LogP contribution in [0.15, 0.2) is 55.0 Å². The number of benzene rings is 1. The number of carbonyl (C=O) groups is 1. The third kappa shape index (κ3) is 3.92. The highest BCUT2D eigenvalue weighted by atomic mass is 19.1. The molecule has 0 saturated heterocycles. The van der Waals surface area contributed by atoms with Gasteiger partial charge in [0.2, 0.25) is 0 Å². The molecule has 24 heavy (non-hydrogen) atoms. The molecular weight excluding hydrogens is 311 g/mol. The Morgan fingerprint density at radius 3 is 2.62 bits per heavy atom. The van der Waals surface area contributed by atoms with Crippen LogP contribution in [0.4, 0.5) is 9.18 Å². The molecule has 3 aromatic rings. The lowest BCUT2D eigenvalue weighted by atomic mass is 10.2. The molecule has 0 unspecified atom stereocenters. The Balaban J connectivity index is 1.50. The number of nitrogens with zero attached hydrogens (tertiary/aromatic N) is 4. The molecule has 0 bridgehead atoms. The molecule has 2 heterocycles. The zero-order chi connectivity index (χ0) is 16.8. The van der Waals surface area contributed by atoms with Crippen molar-refractivity contribution in [3.63, 3.8) is 0 Å². The summed E-state index contributed by atoms with van der Waals surface area (Å²) in [6.07, 6.45) is 5.03. The van der Waals surface area contributed by atoms with Gasteiger partial charge in [0.25, 0.3) is 0 Å². The van der Waals surface area contributed by atoms with Crippen LogP contribution >= 0.6 is 0 Å². The van der Waals surface area contributed by atoms with Crippen molar-refractivity contribution in [1.29, 1.82) is 0 Å². The van der Waals surface area contributed by atoms with Gasteiger partial charge < -0.3 is 10.6 Å². The first-order chi connectivity index (χ1) is 11.7. The molecule has 0 saturated carbocycles. The maximum absolute atomic E-state index is 13.5. The third-order valence-electron chi connectivity index (χ3n) is 3.30. The summed E-state index contributed by atoms with van der Waals surface area (Å²) >= 11 is 0. The first-order valence-electron chi connectivity index (χ1n) is 7.29. The van der Waals surface area contributed by atoms with Crippen LogP contribution < -0.4 is 10.6 Å². The maximum Gasteiger partial charge on any atom is 0.315 e. The monoisotopic (exact) mass is 326 g/mol. The molecule has 1 aromatic carbocycles. The highest BCUT2D eigenvalue weighted by molar-refractivity contribution is 5.73. The third-order valence-corrected chi connectivity index (χ3v) is 3.30. The van der Waals surface area contributed by atoms with Gasteiger partial charge in [-0.25, -0.2) is 13.9 Å². The van der Waals surface area contributed by atoms with E-state index in [0.29, 0.717) is 11.3 Å². The van der Waals surface area contributed by atoms with Gasteiger partial charge in [0.15, 0.2) is 0 Å². The summed E-state index contributed by atoms with van der Waals surface area (Å²) < 4.78 is 15.1. The molecule has 3 rings (SSSR count). The van der Waals surface area contributed by atoms with Crippen LogP contribution in [0.1, 0.15) is 11.3 Å². The number of nitrogens with one attached hydrogen (secondary N) is 2. The molecule has 0 spiro atoms. The first kappa shape index (κ1) is 15.6. The number of hydrogen-bond acceptors (Lipinski definition) is 4. The maximum atomic E-state index is 13.5. The van der Waals surface area contributed by atoms with Crippen LogP contribution in [-0.2, 0) is 13.1 Å². The Morgan fingerprint density at radius 1 is 1.08 bits per heavy atom. The lowest BCUT2D eigenvalue weighted by molar-refractivity contribution is 0.240. The van der Waals surface area contributed by atoms with Gasteiger partial charge >= 0.3 is 6.03 Å². The van der Waals surface area contributed by atoms with E-state index in [1.54, 1.807) is 53.6 Å². The molecule has 2 amide bonds. The van der Waals surface area contributed by atoms with E-state index in [2.05, 4.69) is 25.9 Å². The zero-order valence-corrected chi connectivity index (χ0v) is 12.7. The number of hydrogen-bond donors (Lipinski definition) is 2. The Bertz CT molecular complexity index is 820. The van der Waals surface area contributed by atoms with Crippen LogP contribution in [0, 0.1) is 5.82 Å². The van der Waals surface area contributed by atoms with Crippen molar-refractivity contribution in [2.45, 2.75) is 13.1 Å². The van der Waals surface area contributed by atoms with E-state index in [0.717, 1.165) is 5.69 Å². The van der Waals surface area contributed by atoms with Gasteiger partial charge in [0.05, 0.1) is 18.4 Å². The molecule has 0 radical (unpaired) electrons.